The molecule has 1 aromatic rings. The molecule has 0 fully saturated rings. The highest BCUT2D eigenvalue weighted by atomic mass is 35.5. The lowest BCUT2D eigenvalue weighted by atomic mass is 10.3. The molecule has 1 rings (SSSR count). The largest absolute Gasteiger partial charge is 0.395 e. The molecule has 16 heavy (non-hydrogen) atoms. The minimum Gasteiger partial charge on any atom is -0.395 e. The molecule has 1 aromatic heterocycles. The van der Waals surface area contributed by atoms with Crippen LogP contribution in [0.1, 0.15) is 19.0 Å². The zero-order valence-corrected chi connectivity index (χ0v) is 10.8. The summed E-state index contributed by atoms with van der Waals surface area (Å²) in [5.74, 6) is 0. The number of aliphatic hydroxyl groups is 1. The quantitative estimate of drug-likeness (QED) is 0.857. The Kier molecular flexibility index (Phi) is 6.06. The van der Waals surface area contributed by atoms with Gasteiger partial charge in [-0.1, -0.05) is 30.1 Å². The zero-order chi connectivity index (χ0) is 12.0. The SMILES string of the molecule is CCCN(CCO)Cc1ncc(Cl)cc1Cl. The molecule has 5 heteroatoms. The van der Waals surface area contributed by atoms with E-state index in [-0.39, 0.29) is 6.61 Å². The molecule has 0 aliphatic carbocycles. The van der Waals surface area contributed by atoms with Crippen LogP contribution in [-0.4, -0.2) is 34.7 Å². The summed E-state index contributed by atoms with van der Waals surface area (Å²) in [4.78, 5) is 6.31. The highest BCUT2D eigenvalue weighted by molar-refractivity contribution is 6.34. The lowest BCUT2D eigenvalue weighted by Crippen LogP contribution is -2.27. The molecule has 0 saturated carbocycles. The molecule has 90 valence electrons. The predicted molar refractivity (Wildman–Crippen MR) is 66.9 cm³/mol. The van der Waals surface area contributed by atoms with Crippen molar-refractivity contribution in [2.75, 3.05) is 19.7 Å². The van der Waals surface area contributed by atoms with Gasteiger partial charge in [-0.3, -0.25) is 9.88 Å². The summed E-state index contributed by atoms with van der Waals surface area (Å²) in [5.41, 5.74) is 0.799. The van der Waals surface area contributed by atoms with Crippen molar-refractivity contribution in [3.63, 3.8) is 0 Å². The molecule has 0 amide bonds. The first-order valence-electron chi connectivity index (χ1n) is 5.30. The first-order chi connectivity index (χ1) is 7.67. The molecule has 0 atom stereocenters. The van der Waals surface area contributed by atoms with Crippen molar-refractivity contribution in [3.05, 3.63) is 28.0 Å². The average molecular weight is 263 g/mol. The molecule has 0 aromatic carbocycles. The van der Waals surface area contributed by atoms with Gasteiger partial charge in [0.25, 0.3) is 0 Å². The van der Waals surface area contributed by atoms with E-state index in [0.717, 1.165) is 18.7 Å². The summed E-state index contributed by atoms with van der Waals surface area (Å²) < 4.78 is 0. The minimum absolute atomic E-state index is 0.144. The van der Waals surface area contributed by atoms with Gasteiger partial charge in [-0.15, -0.1) is 0 Å². The third-order valence-corrected chi connectivity index (χ3v) is 2.75. The Labute approximate surface area is 106 Å². The second kappa shape index (κ2) is 7.07. The summed E-state index contributed by atoms with van der Waals surface area (Å²) in [5, 5.41) is 10.1. The Morgan fingerprint density at radius 3 is 2.69 bits per heavy atom. The maximum Gasteiger partial charge on any atom is 0.0730 e. The molecule has 0 aliphatic rings. The highest BCUT2D eigenvalue weighted by Gasteiger charge is 2.09. The molecule has 1 heterocycles. The van der Waals surface area contributed by atoms with Crippen LogP contribution in [0, 0.1) is 0 Å². The van der Waals surface area contributed by atoms with E-state index < -0.39 is 0 Å². The van der Waals surface area contributed by atoms with Crippen molar-refractivity contribution >= 4 is 23.2 Å². The van der Waals surface area contributed by atoms with Gasteiger partial charge in [0, 0.05) is 19.3 Å². The Morgan fingerprint density at radius 2 is 2.12 bits per heavy atom. The molecule has 1 N–H and O–H groups in total. The monoisotopic (exact) mass is 262 g/mol. The first kappa shape index (κ1) is 13.7. The van der Waals surface area contributed by atoms with Crippen LogP contribution in [-0.2, 0) is 6.54 Å². The van der Waals surface area contributed by atoms with Crippen molar-refractivity contribution in [1.29, 1.82) is 0 Å². The number of aromatic nitrogens is 1. The summed E-state index contributed by atoms with van der Waals surface area (Å²) in [7, 11) is 0. The summed E-state index contributed by atoms with van der Waals surface area (Å²) in [6.07, 6.45) is 2.62. The number of hydrogen-bond acceptors (Lipinski definition) is 3. The van der Waals surface area contributed by atoms with Gasteiger partial charge in [0.05, 0.1) is 22.3 Å². The topological polar surface area (TPSA) is 36.4 Å². The fraction of sp³-hybridized carbons (Fsp3) is 0.545. The third kappa shape index (κ3) is 4.26. The van der Waals surface area contributed by atoms with Gasteiger partial charge in [-0.25, -0.2) is 0 Å². The number of aliphatic hydroxyl groups excluding tert-OH is 1. The first-order valence-corrected chi connectivity index (χ1v) is 6.06. The van der Waals surface area contributed by atoms with Crippen molar-refractivity contribution in [3.8, 4) is 0 Å². The van der Waals surface area contributed by atoms with Crippen LogP contribution >= 0.6 is 23.2 Å². The van der Waals surface area contributed by atoms with E-state index in [0.29, 0.717) is 23.1 Å². The summed E-state index contributed by atoms with van der Waals surface area (Å²) in [6, 6.07) is 1.69. The van der Waals surface area contributed by atoms with Crippen molar-refractivity contribution in [2.24, 2.45) is 0 Å². The number of hydrogen-bond donors (Lipinski definition) is 1. The minimum atomic E-state index is 0.144. The Balaban J connectivity index is 2.68. The average Bonchev–Trinajstić information content (AvgIpc) is 2.23. The Bertz CT molecular complexity index is 328. The zero-order valence-electron chi connectivity index (χ0n) is 9.29. The van der Waals surface area contributed by atoms with Crippen LogP contribution in [0.3, 0.4) is 0 Å². The van der Waals surface area contributed by atoms with E-state index in [1.165, 1.54) is 0 Å². The highest BCUT2D eigenvalue weighted by Crippen LogP contribution is 2.19. The van der Waals surface area contributed by atoms with Gasteiger partial charge >= 0.3 is 0 Å². The van der Waals surface area contributed by atoms with Crippen LogP contribution in [0.25, 0.3) is 0 Å². The fourth-order valence-electron chi connectivity index (χ4n) is 1.50. The van der Waals surface area contributed by atoms with E-state index in [1.807, 2.05) is 0 Å². The second-order valence-corrected chi connectivity index (χ2v) is 4.43. The van der Waals surface area contributed by atoms with Gasteiger partial charge in [0.1, 0.15) is 0 Å². The van der Waals surface area contributed by atoms with Gasteiger partial charge in [0.2, 0.25) is 0 Å². The summed E-state index contributed by atoms with van der Waals surface area (Å²) in [6.45, 7) is 4.44. The normalized spacial score (nSPS) is 11.1. The fourth-order valence-corrected chi connectivity index (χ4v) is 1.94. The molecule has 0 radical (unpaired) electrons. The van der Waals surface area contributed by atoms with E-state index in [4.69, 9.17) is 28.3 Å². The van der Waals surface area contributed by atoms with E-state index in [2.05, 4.69) is 16.8 Å². The summed E-state index contributed by atoms with van der Waals surface area (Å²) >= 11 is 11.8. The number of pyridine rings is 1. The van der Waals surface area contributed by atoms with Crippen LogP contribution in [0.2, 0.25) is 10.0 Å². The van der Waals surface area contributed by atoms with Crippen molar-refractivity contribution in [2.45, 2.75) is 19.9 Å². The Morgan fingerprint density at radius 1 is 1.38 bits per heavy atom. The molecule has 0 bridgehead atoms. The van der Waals surface area contributed by atoms with Crippen LogP contribution < -0.4 is 0 Å². The number of nitrogens with zero attached hydrogens (tertiary/aromatic N) is 2. The van der Waals surface area contributed by atoms with Crippen LogP contribution in [0.15, 0.2) is 12.3 Å². The van der Waals surface area contributed by atoms with Crippen LogP contribution in [0.5, 0.6) is 0 Å². The molecule has 0 unspecified atom stereocenters. The molecule has 0 aliphatic heterocycles. The van der Waals surface area contributed by atoms with Crippen molar-refractivity contribution in [1.82, 2.24) is 9.88 Å². The molecular weight excluding hydrogens is 247 g/mol. The second-order valence-electron chi connectivity index (χ2n) is 3.58. The molecule has 3 nitrogen and oxygen atoms in total. The van der Waals surface area contributed by atoms with E-state index >= 15 is 0 Å². The molecule has 0 spiro atoms. The number of rotatable bonds is 6. The van der Waals surface area contributed by atoms with E-state index in [1.54, 1.807) is 12.3 Å². The van der Waals surface area contributed by atoms with Crippen LogP contribution in [0.4, 0.5) is 0 Å². The lowest BCUT2D eigenvalue weighted by molar-refractivity contribution is 0.189. The maximum absolute atomic E-state index is 8.94. The van der Waals surface area contributed by atoms with Crippen molar-refractivity contribution < 1.29 is 5.11 Å². The smallest absolute Gasteiger partial charge is 0.0730 e. The standard InChI is InChI=1S/C11H16Cl2N2O/c1-2-3-15(4-5-16)8-11-10(13)6-9(12)7-14-11/h6-7,16H,2-5,8H2,1H3. The van der Waals surface area contributed by atoms with E-state index in [9.17, 15) is 0 Å². The van der Waals surface area contributed by atoms with Gasteiger partial charge in [-0.05, 0) is 19.0 Å². The Hall–Kier alpha value is -0.350. The molecular formula is C11H16Cl2N2O. The maximum atomic E-state index is 8.94. The lowest BCUT2D eigenvalue weighted by Gasteiger charge is -2.20. The number of halogens is 2. The van der Waals surface area contributed by atoms with Gasteiger partial charge in [-0.2, -0.15) is 0 Å². The van der Waals surface area contributed by atoms with Gasteiger partial charge in [0.15, 0.2) is 0 Å². The third-order valence-electron chi connectivity index (χ3n) is 2.21. The van der Waals surface area contributed by atoms with Gasteiger partial charge < -0.3 is 5.11 Å². The predicted octanol–water partition coefficient (Wildman–Crippen LogP) is 2.59. The molecule has 0 saturated heterocycles.